The number of anilines is 1. The third kappa shape index (κ3) is 4.58. The lowest BCUT2D eigenvalue weighted by Crippen LogP contribution is -2.24. The van der Waals surface area contributed by atoms with Crippen LogP contribution in [-0.4, -0.2) is 33.8 Å². The van der Waals surface area contributed by atoms with Gasteiger partial charge in [0.25, 0.3) is 5.91 Å². The predicted octanol–water partition coefficient (Wildman–Crippen LogP) is 4.69. The van der Waals surface area contributed by atoms with Crippen LogP contribution in [0.4, 0.5) is 19.0 Å². The lowest BCUT2D eigenvalue weighted by molar-refractivity contribution is -0.137. The van der Waals surface area contributed by atoms with Gasteiger partial charge in [-0.2, -0.15) is 18.3 Å². The molecule has 6 nitrogen and oxygen atoms in total. The highest BCUT2D eigenvalue weighted by Gasteiger charge is 2.34. The van der Waals surface area contributed by atoms with Gasteiger partial charge in [0, 0.05) is 31.7 Å². The van der Waals surface area contributed by atoms with Gasteiger partial charge in [0.05, 0.1) is 28.7 Å². The minimum absolute atomic E-state index is 0.116. The van der Waals surface area contributed by atoms with Crippen LogP contribution in [0.1, 0.15) is 58.8 Å². The molecule has 0 spiro atoms. The molecule has 3 heterocycles. The molecule has 9 heteroatoms. The number of halogens is 3. The van der Waals surface area contributed by atoms with E-state index in [4.69, 9.17) is 0 Å². The summed E-state index contributed by atoms with van der Waals surface area (Å²) in [6.45, 7) is 2.31. The first-order chi connectivity index (χ1) is 15.9. The Kier molecular flexibility index (Phi) is 5.55. The maximum Gasteiger partial charge on any atom is 0.416 e. The Balaban J connectivity index is 1.36. The average Bonchev–Trinajstić information content (AvgIpc) is 3.32. The number of pyridine rings is 1. The Morgan fingerprint density at radius 2 is 1.91 bits per heavy atom. The van der Waals surface area contributed by atoms with Gasteiger partial charge in [0.2, 0.25) is 0 Å². The first kappa shape index (κ1) is 21.5. The molecule has 2 aromatic heterocycles. The molecule has 1 saturated heterocycles. The number of carbonyl (C=O) groups excluding carboxylic acids is 1. The topological polar surface area (TPSA) is 63.1 Å². The van der Waals surface area contributed by atoms with Crippen LogP contribution in [0.25, 0.3) is 5.69 Å². The normalized spacial score (nSPS) is 16.3. The van der Waals surface area contributed by atoms with Gasteiger partial charge >= 0.3 is 6.18 Å². The van der Waals surface area contributed by atoms with Crippen LogP contribution in [0.15, 0.2) is 48.8 Å². The van der Waals surface area contributed by atoms with Gasteiger partial charge in [0.1, 0.15) is 5.82 Å². The standard InChI is InChI=1S/C24H24F3N5O/c25-24(26,27)18-4-3-5-19(13-18)32-22(17-6-7-17)20(15-30-32)23(33)29-14-16-8-9-28-21(12-16)31-10-1-2-11-31/h3-5,8-9,12-13,15,17H,1-2,6-7,10-11,14H2,(H,29,33). The van der Waals surface area contributed by atoms with E-state index in [0.717, 1.165) is 62.3 Å². The number of hydrogen-bond donors (Lipinski definition) is 1. The summed E-state index contributed by atoms with van der Waals surface area (Å²) in [6.07, 6.45) is 2.83. The maximum absolute atomic E-state index is 13.2. The van der Waals surface area contributed by atoms with E-state index >= 15 is 0 Å². The van der Waals surface area contributed by atoms with Crippen LogP contribution in [0, 0.1) is 0 Å². The van der Waals surface area contributed by atoms with Gasteiger partial charge in [0.15, 0.2) is 0 Å². The molecule has 1 aliphatic heterocycles. The number of amides is 1. The second-order valence-corrected chi connectivity index (χ2v) is 8.58. The van der Waals surface area contributed by atoms with Crippen molar-refractivity contribution in [2.45, 2.75) is 44.3 Å². The molecule has 0 bridgehead atoms. The van der Waals surface area contributed by atoms with E-state index in [1.54, 1.807) is 12.3 Å². The lowest BCUT2D eigenvalue weighted by Gasteiger charge is -2.17. The fourth-order valence-electron chi connectivity index (χ4n) is 4.27. The van der Waals surface area contributed by atoms with E-state index < -0.39 is 11.7 Å². The van der Waals surface area contributed by atoms with Crippen LogP contribution in [0.2, 0.25) is 0 Å². The number of nitrogens with zero attached hydrogens (tertiary/aromatic N) is 4. The van der Waals surface area contributed by atoms with E-state index in [2.05, 4.69) is 20.3 Å². The third-order valence-corrected chi connectivity index (χ3v) is 6.13. The Hall–Kier alpha value is -3.36. The number of rotatable bonds is 6. The smallest absolute Gasteiger partial charge is 0.357 e. The number of benzene rings is 1. The van der Waals surface area contributed by atoms with E-state index in [1.165, 1.54) is 16.9 Å². The largest absolute Gasteiger partial charge is 0.416 e. The second kappa shape index (κ2) is 8.53. The second-order valence-electron chi connectivity index (χ2n) is 8.58. The van der Waals surface area contributed by atoms with E-state index in [9.17, 15) is 18.0 Å². The number of carbonyl (C=O) groups is 1. The Bertz CT molecular complexity index is 1160. The summed E-state index contributed by atoms with van der Waals surface area (Å²) >= 11 is 0. The van der Waals surface area contributed by atoms with Crippen molar-refractivity contribution in [3.05, 3.63) is 71.2 Å². The molecule has 1 saturated carbocycles. The zero-order chi connectivity index (χ0) is 23.0. The molecule has 5 rings (SSSR count). The van der Waals surface area contributed by atoms with E-state index in [1.807, 2.05) is 12.1 Å². The quantitative estimate of drug-likeness (QED) is 0.586. The van der Waals surface area contributed by atoms with Gasteiger partial charge in [-0.05, 0) is 61.6 Å². The van der Waals surface area contributed by atoms with Crippen molar-refractivity contribution in [2.75, 3.05) is 18.0 Å². The molecule has 1 N–H and O–H groups in total. The predicted molar refractivity (Wildman–Crippen MR) is 117 cm³/mol. The molecule has 33 heavy (non-hydrogen) atoms. The molecule has 2 fully saturated rings. The van der Waals surface area contributed by atoms with Crippen LogP contribution in [0.5, 0.6) is 0 Å². The molecular formula is C24H24F3N5O. The average molecular weight is 455 g/mol. The summed E-state index contributed by atoms with van der Waals surface area (Å²) < 4.78 is 41.0. The van der Waals surface area contributed by atoms with Gasteiger partial charge < -0.3 is 10.2 Å². The van der Waals surface area contributed by atoms with Gasteiger partial charge in [-0.3, -0.25) is 4.79 Å². The molecule has 3 aromatic rings. The Morgan fingerprint density at radius 1 is 1.12 bits per heavy atom. The number of alkyl halides is 3. The SMILES string of the molecule is O=C(NCc1ccnc(N2CCCC2)c1)c1cnn(-c2cccc(C(F)(F)F)c2)c1C1CC1. The Labute approximate surface area is 189 Å². The first-order valence-corrected chi connectivity index (χ1v) is 11.1. The minimum Gasteiger partial charge on any atom is -0.357 e. The van der Waals surface area contributed by atoms with E-state index in [0.29, 0.717) is 23.5 Å². The van der Waals surface area contributed by atoms with Crippen molar-refractivity contribution in [1.82, 2.24) is 20.1 Å². The molecule has 0 unspecified atom stereocenters. The van der Waals surface area contributed by atoms with Crippen molar-refractivity contribution in [1.29, 1.82) is 0 Å². The molecule has 2 aliphatic rings. The molecule has 1 amide bonds. The minimum atomic E-state index is -4.44. The highest BCUT2D eigenvalue weighted by Crippen LogP contribution is 2.43. The number of nitrogens with one attached hydrogen (secondary N) is 1. The van der Waals surface area contributed by atoms with Crippen LogP contribution < -0.4 is 10.2 Å². The molecule has 172 valence electrons. The number of aromatic nitrogens is 3. The van der Waals surface area contributed by atoms with Crippen LogP contribution >= 0.6 is 0 Å². The van der Waals surface area contributed by atoms with Crippen LogP contribution in [0.3, 0.4) is 0 Å². The van der Waals surface area contributed by atoms with Gasteiger partial charge in [-0.1, -0.05) is 6.07 Å². The number of hydrogen-bond acceptors (Lipinski definition) is 4. The van der Waals surface area contributed by atoms with E-state index in [-0.39, 0.29) is 11.8 Å². The summed E-state index contributed by atoms with van der Waals surface area (Å²) in [5.41, 5.74) is 1.58. The first-order valence-electron chi connectivity index (χ1n) is 11.1. The zero-order valence-corrected chi connectivity index (χ0v) is 18.0. The fraction of sp³-hybridized carbons (Fsp3) is 0.375. The monoisotopic (exact) mass is 455 g/mol. The van der Waals surface area contributed by atoms with Crippen molar-refractivity contribution < 1.29 is 18.0 Å². The highest BCUT2D eigenvalue weighted by atomic mass is 19.4. The summed E-state index contributed by atoms with van der Waals surface area (Å²) in [4.78, 5) is 19.7. The van der Waals surface area contributed by atoms with Crippen molar-refractivity contribution in [2.24, 2.45) is 0 Å². The molecule has 0 radical (unpaired) electrons. The third-order valence-electron chi connectivity index (χ3n) is 6.13. The lowest BCUT2D eigenvalue weighted by atomic mass is 10.1. The molecule has 1 aliphatic carbocycles. The van der Waals surface area contributed by atoms with Crippen molar-refractivity contribution >= 4 is 11.7 Å². The van der Waals surface area contributed by atoms with Crippen LogP contribution in [-0.2, 0) is 12.7 Å². The fourth-order valence-corrected chi connectivity index (χ4v) is 4.27. The molecular weight excluding hydrogens is 431 g/mol. The zero-order valence-electron chi connectivity index (χ0n) is 18.0. The summed E-state index contributed by atoms with van der Waals surface area (Å²) in [7, 11) is 0. The maximum atomic E-state index is 13.2. The molecule has 0 atom stereocenters. The summed E-state index contributed by atoms with van der Waals surface area (Å²) in [5, 5.41) is 7.22. The molecule has 1 aromatic carbocycles. The summed E-state index contributed by atoms with van der Waals surface area (Å²) in [6, 6.07) is 8.89. The van der Waals surface area contributed by atoms with Gasteiger partial charge in [-0.25, -0.2) is 9.67 Å². The van der Waals surface area contributed by atoms with Gasteiger partial charge in [-0.15, -0.1) is 0 Å². The highest BCUT2D eigenvalue weighted by molar-refractivity contribution is 5.95. The summed E-state index contributed by atoms with van der Waals surface area (Å²) in [5.74, 6) is 0.746. The van der Waals surface area contributed by atoms with Crippen molar-refractivity contribution in [3.63, 3.8) is 0 Å². The Morgan fingerprint density at radius 3 is 2.64 bits per heavy atom. The van der Waals surface area contributed by atoms with Crippen molar-refractivity contribution in [3.8, 4) is 5.69 Å².